The molecule has 0 spiro atoms. The summed E-state index contributed by atoms with van der Waals surface area (Å²) in [7, 11) is -4.01. The Morgan fingerprint density at radius 1 is 0.412 bits per heavy atom. The third-order valence-electron chi connectivity index (χ3n) is 7.19. The maximum absolute atomic E-state index is 6.84. The molecule has 0 fully saturated rings. The summed E-state index contributed by atoms with van der Waals surface area (Å²) >= 11 is 0. The molecule has 0 amide bonds. The van der Waals surface area contributed by atoms with Crippen LogP contribution in [-0.4, -0.2) is 27.8 Å². The first kappa shape index (κ1) is 33.0. The molecule has 0 aliphatic rings. The fourth-order valence-electron chi connectivity index (χ4n) is 6.07. The molecule has 0 atom stereocenters. The normalized spacial score (nSPS) is 13.2. The number of hydrogen-bond donors (Lipinski definition) is 0. The van der Waals surface area contributed by atoms with Crippen molar-refractivity contribution in [2.75, 3.05) is 0 Å². The van der Waals surface area contributed by atoms with Gasteiger partial charge in [-0.15, -0.1) is 0 Å². The molecule has 0 aromatic carbocycles. The molecule has 0 saturated carbocycles. The third-order valence-corrected chi connectivity index (χ3v) is 19.7. The standard InChI is InChI=1S/C30H54O2Si2/c1-23(2)33(24(3)4,25(5)6)31-29(13,14)21-19-17-18-20-22-30(15,16)32-34(26(7)8,27(9)10)28(11)12/h23-28H,1-16H3. The molecule has 0 aliphatic carbocycles. The molecule has 0 radical (unpaired) electrons. The summed E-state index contributed by atoms with van der Waals surface area (Å²) in [6.07, 6.45) is 0. The van der Waals surface area contributed by atoms with E-state index in [0.29, 0.717) is 33.2 Å². The van der Waals surface area contributed by atoms with E-state index >= 15 is 0 Å². The van der Waals surface area contributed by atoms with E-state index in [1.54, 1.807) is 0 Å². The van der Waals surface area contributed by atoms with Crippen molar-refractivity contribution in [3.05, 3.63) is 0 Å². The van der Waals surface area contributed by atoms with E-state index in [2.05, 4.69) is 146 Å². The second-order valence-corrected chi connectivity index (χ2v) is 23.4. The molecule has 4 heteroatoms. The molecule has 2 nitrogen and oxygen atoms in total. The highest BCUT2D eigenvalue weighted by molar-refractivity contribution is 6.78. The van der Waals surface area contributed by atoms with Crippen LogP contribution in [0.3, 0.4) is 0 Å². The Kier molecular flexibility index (Phi) is 12.5. The Hall–Kier alpha value is -0.966. The minimum Gasteiger partial charge on any atom is -0.400 e. The largest absolute Gasteiger partial charge is 0.400 e. The predicted octanol–water partition coefficient (Wildman–Crippen LogP) is 8.94. The van der Waals surface area contributed by atoms with Crippen molar-refractivity contribution in [3.63, 3.8) is 0 Å². The van der Waals surface area contributed by atoms with Gasteiger partial charge in [0, 0.05) is 0 Å². The molecule has 0 rings (SSSR count). The van der Waals surface area contributed by atoms with Gasteiger partial charge in [0.1, 0.15) is 11.2 Å². The molecular weight excluding hydrogens is 449 g/mol. The van der Waals surface area contributed by atoms with Crippen molar-refractivity contribution in [3.8, 4) is 35.5 Å². The van der Waals surface area contributed by atoms with Crippen molar-refractivity contribution >= 4 is 16.6 Å². The summed E-state index contributed by atoms with van der Waals surface area (Å²) in [4.78, 5) is 0. The Bertz CT molecular complexity index is 717. The van der Waals surface area contributed by atoms with Crippen LogP contribution < -0.4 is 0 Å². The molecule has 0 aromatic rings. The zero-order valence-electron chi connectivity index (χ0n) is 25.3. The first-order valence-electron chi connectivity index (χ1n) is 13.2. The Morgan fingerprint density at radius 3 is 0.794 bits per heavy atom. The fraction of sp³-hybridized carbons (Fsp3) is 0.800. The Balaban J connectivity index is 5.71. The molecule has 0 unspecified atom stereocenters. The van der Waals surface area contributed by atoms with Gasteiger partial charge >= 0.3 is 0 Å². The molecule has 0 bridgehead atoms. The molecule has 0 N–H and O–H groups in total. The predicted molar refractivity (Wildman–Crippen MR) is 156 cm³/mol. The van der Waals surface area contributed by atoms with Crippen LogP contribution in [0.4, 0.5) is 0 Å². The van der Waals surface area contributed by atoms with E-state index in [9.17, 15) is 0 Å². The highest BCUT2D eigenvalue weighted by Crippen LogP contribution is 2.45. The molecule has 34 heavy (non-hydrogen) atoms. The van der Waals surface area contributed by atoms with E-state index in [1.165, 1.54) is 0 Å². The molecule has 0 aliphatic heterocycles. The van der Waals surface area contributed by atoms with E-state index in [-0.39, 0.29) is 0 Å². The van der Waals surface area contributed by atoms with E-state index in [0.717, 1.165) is 0 Å². The molecule has 0 aromatic heterocycles. The SMILES string of the molecule is CC(C)[Si](OC(C)(C)C#CC#CC#CC(C)(C)O[Si](C(C)C)(C(C)C)C(C)C)(C(C)C)C(C)C. The second kappa shape index (κ2) is 12.8. The maximum Gasteiger partial charge on any atom is 0.202 e. The van der Waals surface area contributed by atoms with E-state index in [1.807, 2.05) is 0 Å². The van der Waals surface area contributed by atoms with Gasteiger partial charge in [-0.2, -0.15) is 0 Å². The lowest BCUT2D eigenvalue weighted by Gasteiger charge is -2.46. The lowest BCUT2D eigenvalue weighted by molar-refractivity contribution is 0.144. The van der Waals surface area contributed by atoms with Gasteiger partial charge in [0.05, 0.1) is 0 Å². The minimum atomic E-state index is -2.01. The summed E-state index contributed by atoms with van der Waals surface area (Å²) in [6, 6.07) is 0. The van der Waals surface area contributed by atoms with E-state index in [4.69, 9.17) is 8.85 Å². The first-order valence-corrected chi connectivity index (χ1v) is 17.5. The fourth-order valence-corrected chi connectivity index (χ4v) is 17.4. The summed E-state index contributed by atoms with van der Waals surface area (Å²) in [5.74, 6) is 18.4. The van der Waals surface area contributed by atoms with Crippen LogP contribution in [0.25, 0.3) is 0 Å². The average Bonchev–Trinajstić information content (AvgIpc) is 2.65. The first-order chi connectivity index (χ1) is 15.3. The van der Waals surface area contributed by atoms with Gasteiger partial charge in [0.2, 0.25) is 16.6 Å². The highest BCUT2D eigenvalue weighted by atomic mass is 28.4. The Labute approximate surface area is 216 Å². The van der Waals surface area contributed by atoms with Crippen molar-refractivity contribution in [2.45, 2.75) is 155 Å². The molecule has 0 saturated heterocycles. The van der Waals surface area contributed by atoms with Gasteiger partial charge in [-0.25, -0.2) is 0 Å². The van der Waals surface area contributed by atoms with Crippen molar-refractivity contribution in [1.29, 1.82) is 0 Å². The van der Waals surface area contributed by atoms with Gasteiger partial charge in [0.25, 0.3) is 0 Å². The smallest absolute Gasteiger partial charge is 0.202 e. The zero-order valence-corrected chi connectivity index (χ0v) is 27.3. The lowest BCUT2D eigenvalue weighted by atomic mass is 10.1. The van der Waals surface area contributed by atoms with Crippen molar-refractivity contribution < 1.29 is 8.85 Å². The molecule has 0 heterocycles. The van der Waals surface area contributed by atoms with Crippen molar-refractivity contribution in [1.82, 2.24) is 0 Å². The van der Waals surface area contributed by atoms with Crippen LogP contribution in [0.2, 0.25) is 33.2 Å². The quantitative estimate of drug-likeness (QED) is 0.219. The number of rotatable bonds is 10. The van der Waals surface area contributed by atoms with Gasteiger partial charge in [-0.1, -0.05) is 94.9 Å². The molecule has 194 valence electrons. The zero-order chi connectivity index (χ0) is 27.1. The van der Waals surface area contributed by atoms with Crippen molar-refractivity contribution in [2.24, 2.45) is 0 Å². The van der Waals surface area contributed by atoms with Gasteiger partial charge in [0.15, 0.2) is 0 Å². The maximum atomic E-state index is 6.84. The summed E-state index contributed by atoms with van der Waals surface area (Å²) < 4.78 is 13.7. The van der Waals surface area contributed by atoms with E-state index < -0.39 is 27.8 Å². The monoisotopic (exact) mass is 502 g/mol. The number of hydrogen-bond acceptors (Lipinski definition) is 2. The summed E-state index contributed by atoms with van der Waals surface area (Å²) in [6.45, 7) is 35.8. The molecular formula is C30H54O2Si2. The van der Waals surface area contributed by atoms with Crippen LogP contribution >= 0.6 is 0 Å². The summed E-state index contributed by atoms with van der Waals surface area (Å²) in [5.41, 5.74) is 2.05. The van der Waals surface area contributed by atoms with Crippen LogP contribution in [0.5, 0.6) is 0 Å². The van der Waals surface area contributed by atoms with Gasteiger partial charge < -0.3 is 8.85 Å². The third kappa shape index (κ3) is 8.31. The van der Waals surface area contributed by atoms with Gasteiger partial charge in [-0.05, 0) is 84.6 Å². The highest BCUT2D eigenvalue weighted by Gasteiger charge is 2.49. The average molecular weight is 503 g/mol. The lowest BCUT2D eigenvalue weighted by Crippen LogP contribution is -2.52. The van der Waals surface area contributed by atoms with Crippen LogP contribution in [-0.2, 0) is 8.85 Å². The van der Waals surface area contributed by atoms with Crippen LogP contribution in [0.15, 0.2) is 0 Å². The van der Waals surface area contributed by atoms with Gasteiger partial charge in [-0.3, -0.25) is 0 Å². The second-order valence-electron chi connectivity index (χ2n) is 12.6. The Morgan fingerprint density at radius 2 is 0.618 bits per heavy atom. The van der Waals surface area contributed by atoms with Crippen LogP contribution in [0, 0.1) is 35.5 Å². The minimum absolute atomic E-state index is 0.519. The topological polar surface area (TPSA) is 18.5 Å². The van der Waals surface area contributed by atoms with Crippen LogP contribution in [0.1, 0.15) is 111 Å². The summed E-state index contributed by atoms with van der Waals surface area (Å²) in [5, 5.41) is 0.